The number of nitrogens with zero attached hydrogens (tertiary/aromatic N) is 1. The van der Waals surface area contributed by atoms with Gasteiger partial charge in [-0.3, -0.25) is 4.79 Å². The number of fused-ring (bicyclic) bond motifs is 1. The molecule has 1 atom stereocenters. The Labute approximate surface area is 159 Å². The second-order valence-corrected chi connectivity index (χ2v) is 7.67. The number of ether oxygens (including phenoxy) is 1. The Morgan fingerprint density at radius 2 is 1.88 bits per heavy atom. The number of benzene rings is 1. The summed E-state index contributed by atoms with van der Waals surface area (Å²) < 4.78 is 5.14. The minimum absolute atomic E-state index is 0.183. The fourth-order valence-electron chi connectivity index (χ4n) is 3.60. The van der Waals surface area contributed by atoms with Gasteiger partial charge in [0.1, 0.15) is 4.83 Å². The van der Waals surface area contributed by atoms with E-state index in [1.165, 1.54) is 18.2 Å². The fourth-order valence-corrected chi connectivity index (χ4v) is 4.58. The van der Waals surface area contributed by atoms with E-state index in [1.54, 1.807) is 11.3 Å². The number of methoxy groups -OCH3 is 1. The second-order valence-electron chi connectivity index (χ2n) is 6.82. The molecule has 2 heterocycles. The molecule has 2 aromatic heterocycles. The molecule has 0 radical (unpaired) electrons. The molecule has 0 spiro atoms. The number of hydrogen-bond acceptors (Lipinski definition) is 4. The lowest BCUT2D eigenvalue weighted by atomic mass is 9.85. The van der Waals surface area contributed by atoms with E-state index in [2.05, 4.69) is 50.4 Å². The first kappa shape index (κ1) is 18.6. The van der Waals surface area contributed by atoms with E-state index in [9.17, 15) is 4.79 Å². The molecular formula is C22H25NO2S. The Morgan fingerprint density at radius 1 is 1.19 bits per heavy atom. The zero-order valence-corrected chi connectivity index (χ0v) is 16.9. The first-order valence-corrected chi connectivity index (χ1v) is 9.89. The molecule has 0 N–H and O–H groups in total. The summed E-state index contributed by atoms with van der Waals surface area (Å²) in [4.78, 5) is 18.5. The van der Waals surface area contributed by atoms with Crippen molar-refractivity contribution in [2.45, 2.75) is 46.5 Å². The van der Waals surface area contributed by atoms with E-state index in [-0.39, 0.29) is 11.9 Å². The van der Waals surface area contributed by atoms with Crippen molar-refractivity contribution >= 4 is 27.5 Å². The Bertz CT molecular complexity index is 941. The van der Waals surface area contributed by atoms with Crippen molar-refractivity contribution in [2.75, 3.05) is 7.11 Å². The Balaban J connectivity index is 2.38. The number of carbonyl (C=O) groups is 1. The third-order valence-electron chi connectivity index (χ3n) is 4.89. The van der Waals surface area contributed by atoms with Crippen LogP contribution >= 0.6 is 11.3 Å². The largest absolute Gasteiger partial charge is 0.469 e. The Hall–Kier alpha value is -2.20. The van der Waals surface area contributed by atoms with E-state index in [4.69, 9.17) is 9.72 Å². The van der Waals surface area contributed by atoms with Crippen molar-refractivity contribution in [3.63, 3.8) is 0 Å². The van der Waals surface area contributed by atoms with Crippen LogP contribution in [0, 0.1) is 20.8 Å². The minimum atomic E-state index is -0.294. The summed E-state index contributed by atoms with van der Waals surface area (Å²) in [6.45, 7) is 8.30. The topological polar surface area (TPSA) is 39.2 Å². The SMILES string of the molecule is CCCC(C(=O)OC)c1c(C)nc2scc(C)c2c1-c1ccc(C)cc1. The molecule has 0 aliphatic heterocycles. The van der Waals surface area contributed by atoms with Gasteiger partial charge in [-0.15, -0.1) is 11.3 Å². The molecule has 1 unspecified atom stereocenters. The lowest BCUT2D eigenvalue weighted by Gasteiger charge is -2.21. The number of esters is 1. The molecule has 0 saturated heterocycles. The summed E-state index contributed by atoms with van der Waals surface area (Å²) in [6.07, 6.45) is 1.66. The van der Waals surface area contributed by atoms with Crippen LogP contribution in [0.3, 0.4) is 0 Å². The summed E-state index contributed by atoms with van der Waals surface area (Å²) in [7, 11) is 1.47. The van der Waals surface area contributed by atoms with Crippen LogP contribution in [0.2, 0.25) is 0 Å². The van der Waals surface area contributed by atoms with E-state index in [1.807, 2.05) is 6.92 Å². The van der Waals surface area contributed by atoms with Crippen molar-refractivity contribution in [1.29, 1.82) is 0 Å². The molecule has 0 fully saturated rings. The van der Waals surface area contributed by atoms with Gasteiger partial charge in [-0.05, 0) is 54.8 Å². The van der Waals surface area contributed by atoms with Gasteiger partial charge in [0.2, 0.25) is 0 Å². The summed E-state index contributed by atoms with van der Waals surface area (Å²) in [5, 5.41) is 3.30. The number of pyridine rings is 1. The lowest BCUT2D eigenvalue weighted by molar-refractivity contribution is -0.142. The van der Waals surface area contributed by atoms with Crippen molar-refractivity contribution in [1.82, 2.24) is 4.98 Å². The van der Waals surface area contributed by atoms with Gasteiger partial charge in [-0.1, -0.05) is 43.2 Å². The van der Waals surface area contributed by atoms with E-state index in [0.717, 1.165) is 45.4 Å². The van der Waals surface area contributed by atoms with Gasteiger partial charge in [0, 0.05) is 11.1 Å². The smallest absolute Gasteiger partial charge is 0.313 e. The van der Waals surface area contributed by atoms with Crippen molar-refractivity contribution in [3.8, 4) is 11.1 Å². The maximum absolute atomic E-state index is 12.6. The molecule has 136 valence electrons. The van der Waals surface area contributed by atoms with Crippen LogP contribution in [-0.4, -0.2) is 18.1 Å². The molecule has 3 aromatic rings. The number of aryl methyl sites for hydroxylation is 3. The summed E-state index contributed by atoms with van der Waals surface area (Å²) in [6, 6.07) is 8.53. The van der Waals surface area contributed by atoms with Gasteiger partial charge in [-0.2, -0.15) is 0 Å². The Kier molecular flexibility index (Phi) is 5.42. The summed E-state index contributed by atoms with van der Waals surface area (Å²) >= 11 is 1.66. The van der Waals surface area contributed by atoms with E-state index < -0.39 is 0 Å². The average molecular weight is 368 g/mol. The molecule has 3 nitrogen and oxygen atoms in total. The first-order chi connectivity index (χ1) is 12.5. The Morgan fingerprint density at radius 3 is 2.50 bits per heavy atom. The van der Waals surface area contributed by atoms with Gasteiger partial charge in [0.15, 0.2) is 0 Å². The molecular weight excluding hydrogens is 342 g/mol. The number of aromatic nitrogens is 1. The maximum Gasteiger partial charge on any atom is 0.313 e. The standard InChI is InChI=1S/C22H25NO2S/c1-6-7-17(22(24)25-5)19-15(4)23-21-18(14(3)12-26-21)20(19)16-10-8-13(2)9-11-16/h8-12,17H,6-7H2,1-5H3. The molecule has 0 saturated carbocycles. The number of thiophene rings is 1. The maximum atomic E-state index is 12.6. The van der Waals surface area contributed by atoms with Crippen molar-refractivity contribution < 1.29 is 9.53 Å². The highest BCUT2D eigenvalue weighted by atomic mass is 32.1. The van der Waals surface area contributed by atoms with Crippen LogP contribution in [0.1, 0.15) is 48.1 Å². The van der Waals surface area contributed by atoms with Gasteiger partial charge < -0.3 is 4.74 Å². The highest BCUT2D eigenvalue weighted by Gasteiger charge is 2.28. The first-order valence-electron chi connectivity index (χ1n) is 9.01. The average Bonchev–Trinajstić information content (AvgIpc) is 2.99. The molecule has 0 bridgehead atoms. The van der Waals surface area contributed by atoms with Crippen LogP contribution in [0.15, 0.2) is 29.6 Å². The second kappa shape index (κ2) is 7.58. The third-order valence-corrected chi connectivity index (χ3v) is 5.88. The van der Waals surface area contributed by atoms with Gasteiger partial charge in [-0.25, -0.2) is 4.98 Å². The van der Waals surface area contributed by atoms with Crippen LogP contribution < -0.4 is 0 Å². The monoisotopic (exact) mass is 367 g/mol. The van der Waals surface area contributed by atoms with Crippen LogP contribution in [-0.2, 0) is 9.53 Å². The zero-order valence-electron chi connectivity index (χ0n) is 16.1. The van der Waals surface area contributed by atoms with Gasteiger partial charge in [0.05, 0.1) is 13.0 Å². The molecule has 26 heavy (non-hydrogen) atoms. The fraction of sp³-hybridized carbons (Fsp3) is 0.364. The van der Waals surface area contributed by atoms with E-state index in [0.29, 0.717) is 0 Å². The molecule has 3 rings (SSSR count). The third kappa shape index (κ3) is 3.26. The van der Waals surface area contributed by atoms with Crippen molar-refractivity contribution in [2.24, 2.45) is 0 Å². The highest BCUT2D eigenvalue weighted by Crippen LogP contribution is 2.42. The van der Waals surface area contributed by atoms with Gasteiger partial charge >= 0.3 is 5.97 Å². The predicted molar refractivity (Wildman–Crippen MR) is 109 cm³/mol. The van der Waals surface area contributed by atoms with Crippen LogP contribution in [0.25, 0.3) is 21.3 Å². The molecule has 0 amide bonds. The summed E-state index contributed by atoms with van der Waals surface area (Å²) in [5.41, 5.74) is 6.62. The molecule has 0 aliphatic rings. The predicted octanol–water partition coefficient (Wildman–Crippen LogP) is 5.95. The van der Waals surface area contributed by atoms with E-state index >= 15 is 0 Å². The molecule has 4 heteroatoms. The zero-order chi connectivity index (χ0) is 18.8. The van der Waals surface area contributed by atoms with Crippen LogP contribution in [0.4, 0.5) is 0 Å². The normalized spacial score (nSPS) is 12.3. The number of hydrogen-bond donors (Lipinski definition) is 0. The van der Waals surface area contributed by atoms with Crippen LogP contribution in [0.5, 0.6) is 0 Å². The quantitative estimate of drug-likeness (QED) is 0.523. The highest BCUT2D eigenvalue weighted by molar-refractivity contribution is 7.17. The number of carbonyl (C=O) groups excluding carboxylic acids is 1. The van der Waals surface area contributed by atoms with Crippen molar-refractivity contribution in [3.05, 3.63) is 52.0 Å². The minimum Gasteiger partial charge on any atom is -0.469 e. The molecule has 0 aliphatic carbocycles. The number of rotatable bonds is 5. The lowest BCUT2D eigenvalue weighted by Crippen LogP contribution is -2.17. The molecule has 1 aromatic carbocycles. The summed E-state index contributed by atoms with van der Waals surface area (Å²) in [5.74, 6) is -0.477. The van der Waals surface area contributed by atoms with Gasteiger partial charge in [0.25, 0.3) is 0 Å².